The maximum Gasteiger partial charge on any atom is 0.306 e. The molecule has 0 spiro atoms. The number of aliphatic carboxylic acids is 1. The van der Waals surface area contributed by atoms with Crippen LogP contribution in [-0.2, 0) is 9.53 Å². The van der Waals surface area contributed by atoms with Gasteiger partial charge in [0, 0.05) is 24.7 Å². The summed E-state index contributed by atoms with van der Waals surface area (Å²) in [6.45, 7) is 3.95. The molecule has 0 amide bonds. The van der Waals surface area contributed by atoms with Gasteiger partial charge in [0.25, 0.3) is 0 Å². The monoisotopic (exact) mass is 323 g/mol. The van der Waals surface area contributed by atoms with E-state index in [0.717, 1.165) is 12.1 Å². The minimum Gasteiger partial charge on any atom is -0.481 e. The summed E-state index contributed by atoms with van der Waals surface area (Å²) in [6, 6.07) is 1.98. The van der Waals surface area contributed by atoms with Crippen molar-refractivity contribution >= 4 is 40.5 Å². The highest BCUT2D eigenvalue weighted by molar-refractivity contribution is 7.20. The van der Waals surface area contributed by atoms with Gasteiger partial charge in [-0.3, -0.25) is 9.69 Å². The lowest BCUT2D eigenvalue weighted by atomic mass is 10.1. The molecule has 1 N–H and O–H groups in total. The SMILES string of the molecule is CC(c1cc(Cl)sc1Cl)N1CCOC(CC(=O)O)C1. The third-order valence-corrected chi connectivity index (χ3v) is 4.77. The summed E-state index contributed by atoms with van der Waals surface area (Å²) >= 11 is 13.5. The van der Waals surface area contributed by atoms with Crippen molar-refractivity contribution in [2.45, 2.75) is 25.5 Å². The van der Waals surface area contributed by atoms with E-state index in [1.165, 1.54) is 11.3 Å². The third kappa shape index (κ3) is 3.83. The summed E-state index contributed by atoms with van der Waals surface area (Å²) in [5.41, 5.74) is 0.993. The van der Waals surface area contributed by atoms with Gasteiger partial charge in [0.2, 0.25) is 0 Å². The van der Waals surface area contributed by atoms with Crippen LogP contribution in [0.3, 0.4) is 0 Å². The Balaban J connectivity index is 2.04. The minimum atomic E-state index is -0.837. The van der Waals surface area contributed by atoms with Crippen molar-refractivity contribution in [2.24, 2.45) is 0 Å². The standard InChI is InChI=1S/C12H15Cl2NO3S/c1-7(9-5-10(13)19-12(9)14)15-2-3-18-8(6-15)4-11(16)17/h5,7-8H,2-4,6H2,1H3,(H,16,17). The van der Waals surface area contributed by atoms with Gasteiger partial charge in [-0.05, 0) is 13.0 Å². The summed E-state index contributed by atoms with van der Waals surface area (Å²) in [7, 11) is 0. The smallest absolute Gasteiger partial charge is 0.306 e. The van der Waals surface area contributed by atoms with Crippen LogP contribution in [0.4, 0.5) is 0 Å². The Hall–Kier alpha value is -0.330. The normalized spacial score (nSPS) is 22.4. The molecule has 1 aromatic heterocycles. The van der Waals surface area contributed by atoms with E-state index < -0.39 is 5.97 Å². The Morgan fingerprint density at radius 3 is 3.00 bits per heavy atom. The first-order valence-electron chi connectivity index (χ1n) is 5.99. The number of thiophene rings is 1. The first-order chi connectivity index (χ1) is 8.97. The van der Waals surface area contributed by atoms with E-state index in [2.05, 4.69) is 4.90 Å². The Kier molecular flexibility index (Phi) is 5.09. The quantitative estimate of drug-likeness (QED) is 0.923. The van der Waals surface area contributed by atoms with Crippen molar-refractivity contribution in [3.8, 4) is 0 Å². The molecule has 2 rings (SSSR count). The number of carboxylic acid groups (broad SMARTS) is 1. The predicted octanol–water partition coefficient (Wildman–Crippen LogP) is 3.29. The zero-order valence-corrected chi connectivity index (χ0v) is 12.8. The van der Waals surface area contributed by atoms with E-state index >= 15 is 0 Å². The third-order valence-electron chi connectivity index (χ3n) is 3.25. The van der Waals surface area contributed by atoms with Crippen LogP contribution in [0.5, 0.6) is 0 Å². The molecule has 106 valence electrons. The van der Waals surface area contributed by atoms with Gasteiger partial charge in [0.15, 0.2) is 0 Å². The topological polar surface area (TPSA) is 49.8 Å². The lowest BCUT2D eigenvalue weighted by Crippen LogP contribution is -2.44. The number of morpholine rings is 1. The second-order valence-electron chi connectivity index (χ2n) is 4.54. The Labute approximate surface area is 125 Å². The first-order valence-corrected chi connectivity index (χ1v) is 7.56. The van der Waals surface area contributed by atoms with Crippen molar-refractivity contribution in [1.82, 2.24) is 4.90 Å². The lowest BCUT2D eigenvalue weighted by Gasteiger charge is -2.36. The molecule has 1 aliphatic heterocycles. The van der Waals surface area contributed by atoms with Crippen molar-refractivity contribution in [1.29, 1.82) is 0 Å². The van der Waals surface area contributed by atoms with Crippen LogP contribution in [-0.4, -0.2) is 41.8 Å². The van der Waals surface area contributed by atoms with E-state index in [9.17, 15) is 4.79 Å². The fourth-order valence-electron chi connectivity index (χ4n) is 2.25. The van der Waals surface area contributed by atoms with Crippen LogP contribution in [0.1, 0.15) is 24.9 Å². The molecule has 7 heteroatoms. The van der Waals surface area contributed by atoms with Gasteiger partial charge < -0.3 is 9.84 Å². The van der Waals surface area contributed by atoms with Gasteiger partial charge in [-0.15, -0.1) is 11.3 Å². The average Bonchev–Trinajstić information content (AvgIpc) is 2.67. The molecule has 19 heavy (non-hydrogen) atoms. The van der Waals surface area contributed by atoms with E-state index in [4.69, 9.17) is 33.0 Å². The molecule has 0 aliphatic carbocycles. The molecule has 1 fully saturated rings. The van der Waals surface area contributed by atoms with Gasteiger partial charge in [0.1, 0.15) is 0 Å². The molecule has 2 atom stereocenters. The Morgan fingerprint density at radius 2 is 2.42 bits per heavy atom. The molecule has 1 aromatic rings. The van der Waals surface area contributed by atoms with E-state index in [-0.39, 0.29) is 18.6 Å². The van der Waals surface area contributed by atoms with E-state index in [0.29, 0.717) is 21.8 Å². The number of nitrogens with zero attached hydrogens (tertiary/aromatic N) is 1. The minimum absolute atomic E-state index is 0.0291. The molecule has 0 aromatic carbocycles. The molecule has 1 saturated heterocycles. The largest absolute Gasteiger partial charge is 0.481 e. The summed E-state index contributed by atoms with van der Waals surface area (Å²) in [4.78, 5) is 12.9. The van der Waals surface area contributed by atoms with Crippen LogP contribution in [0.25, 0.3) is 0 Å². The maximum atomic E-state index is 10.7. The van der Waals surface area contributed by atoms with Gasteiger partial charge in [-0.25, -0.2) is 0 Å². The van der Waals surface area contributed by atoms with Crippen molar-refractivity contribution < 1.29 is 14.6 Å². The Bertz CT molecular complexity index is 466. The number of rotatable bonds is 4. The average molecular weight is 324 g/mol. The summed E-state index contributed by atoms with van der Waals surface area (Å²) in [5, 5.41) is 8.82. The highest BCUT2D eigenvalue weighted by Crippen LogP contribution is 2.37. The van der Waals surface area contributed by atoms with Crippen LogP contribution in [0.2, 0.25) is 8.67 Å². The highest BCUT2D eigenvalue weighted by atomic mass is 35.5. The zero-order valence-electron chi connectivity index (χ0n) is 10.4. The second kappa shape index (κ2) is 6.41. The van der Waals surface area contributed by atoms with Crippen LogP contribution < -0.4 is 0 Å². The predicted molar refractivity (Wildman–Crippen MR) is 76.3 cm³/mol. The number of carbonyl (C=O) groups is 1. The van der Waals surface area contributed by atoms with Crippen molar-refractivity contribution in [3.63, 3.8) is 0 Å². The lowest BCUT2D eigenvalue weighted by molar-refractivity contribution is -0.142. The summed E-state index contributed by atoms with van der Waals surface area (Å²) in [6.07, 6.45) is -0.233. The summed E-state index contributed by atoms with van der Waals surface area (Å²) in [5.74, 6) is -0.837. The van der Waals surface area contributed by atoms with Gasteiger partial charge in [-0.1, -0.05) is 23.2 Å². The first kappa shape index (κ1) is 15.1. The molecule has 2 heterocycles. The number of carboxylic acids is 1. The molecule has 1 aliphatic rings. The molecular formula is C12H15Cl2NO3S. The molecule has 0 radical (unpaired) electrons. The van der Waals surface area contributed by atoms with E-state index in [1.54, 1.807) is 0 Å². The fourth-order valence-corrected chi connectivity index (χ4v) is 3.88. The highest BCUT2D eigenvalue weighted by Gasteiger charge is 2.28. The Morgan fingerprint density at radius 1 is 1.68 bits per heavy atom. The molecular weight excluding hydrogens is 309 g/mol. The van der Waals surface area contributed by atoms with Gasteiger partial charge in [0.05, 0.1) is 27.8 Å². The molecule has 2 unspecified atom stereocenters. The zero-order chi connectivity index (χ0) is 14.0. The maximum absolute atomic E-state index is 10.7. The number of hydrogen-bond acceptors (Lipinski definition) is 4. The molecule has 0 bridgehead atoms. The van der Waals surface area contributed by atoms with Crippen LogP contribution in [0, 0.1) is 0 Å². The van der Waals surface area contributed by atoms with Gasteiger partial charge >= 0.3 is 5.97 Å². The molecule has 4 nitrogen and oxygen atoms in total. The number of ether oxygens (including phenoxy) is 1. The number of hydrogen-bond donors (Lipinski definition) is 1. The van der Waals surface area contributed by atoms with Crippen LogP contribution >= 0.6 is 34.5 Å². The van der Waals surface area contributed by atoms with E-state index in [1.807, 2.05) is 13.0 Å². The van der Waals surface area contributed by atoms with Crippen molar-refractivity contribution in [3.05, 3.63) is 20.3 Å². The van der Waals surface area contributed by atoms with Crippen LogP contribution in [0.15, 0.2) is 6.07 Å². The number of halogens is 2. The summed E-state index contributed by atoms with van der Waals surface area (Å²) < 4.78 is 6.82. The van der Waals surface area contributed by atoms with Crippen molar-refractivity contribution in [2.75, 3.05) is 19.7 Å². The van der Waals surface area contributed by atoms with Gasteiger partial charge in [-0.2, -0.15) is 0 Å². The fraction of sp³-hybridized carbons (Fsp3) is 0.583. The second-order valence-corrected chi connectivity index (χ2v) is 6.83. The molecule has 0 saturated carbocycles.